The third kappa shape index (κ3) is 2.34. The number of para-hydroxylation sites is 2. The second-order valence-electron chi connectivity index (χ2n) is 3.91. The number of nitrogens with zero attached hydrogens (tertiary/aromatic N) is 3. The first-order valence-corrected chi connectivity index (χ1v) is 5.70. The van der Waals surface area contributed by atoms with Crippen LogP contribution in [0.1, 0.15) is 5.76 Å². The molecule has 8 heteroatoms. The number of aromatic nitrogens is 2. The van der Waals surface area contributed by atoms with Gasteiger partial charge in [0, 0.05) is 0 Å². The zero-order chi connectivity index (χ0) is 13.9. The Hall–Kier alpha value is -3.16. The highest BCUT2D eigenvalue weighted by molar-refractivity contribution is 5.79. The number of nitrogens with one attached hydrogen (secondary N) is 2. The summed E-state index contributed by atoms with van der Waals surface area (Å²) in [5, 5.41) is 14.3. The molecule has 0 aliphatic carbocycles. The molecule has 0 aliphatic rings. The summed E-state index contributed by atoms with van der Waals surface area (Å²) >= 11 is 0. The van der Waals surface area contributed by atoms with E-state index < -0.39 is 4.92 Å². The van der Waals surface area contributed by atoms with E-state index in [9.17, 15) is 10.1 Å². The van der Waals surface area contributed by atoms with Gasteiger partial charge in [-0.15, -0.1) is 0 Å². The van der Waals surface area contributed by atoms with Gasteiger partial charge in [-0.05, 0) is 18.2 Å². The van der Waals surface area contributed by atoms with Gasteiger partial charge in [0.2, 0.25) is 5.95 Å². The molecule has 0 fully saturated rings. The standard InChI is InChI=1S/C12H9N5O3/c18-17(19)11-6-5-8(20-11)7-13-16-12-14-9-3-1-2-4-10(9)15-12/h1-7H,(H2,14,15,16)/b13-7-. The van der Waals surface area contributed by atoms with Crippen molar-refractivity contribution in [2.24, 2.45) is 5.10 Å². The number of fused-ring (bicyclic) bond motifs is 1. The van der Waals surface area contributed by atoms with Crippen LogP contribution in [-0.4, -0.2) is 21.1 Å². The molecule has 0 unspecified atom stereocenters. The van der Waals surface area contributed by atoms with Crippen LogP contribution in [0.5, 0.6) is 0 Å². The average molecular weight is 271 g/mol. The van der Waals surface area contributed by atoms with E-state index in [1.165, 1.54) is 18.3 Å². The fourth-order valence-corrected chi connectivity index (χ4v) is 1.67. The van der Waals surface area contributed by atoms with Crippen LogP contribution in [0.3, 0.4) is 0 Å². The Labute approximate surface area is 112 Å². The van der Waals surface area contributed by atoms with Crippen LogP contribution in [0, 0.1) is 10.1 Å². The summed E-state index contributed by atoms with van der Waals surface area (Å²) < 4.78 is 4.92. The lowest BCUT2D eigenvalue weighted by molar-refractivity contribution is -0.402. The lowest BCUT2D eigenvalue weighted by atomic mass is 10.3. The van der Waals surface area contributed by atoms with Crippen molar-refractivity contribution in [3.63, 3.8) is 0 Å². The maximum Gasteiger partial charge on any atom is 0.433 e. The van der Waals surface area contributed by atoms with Crippen molar-refractivity contribution in [3.05, 3.63) is 52.3 Å². The van der Waals surface area contributed by atoms with Crippen molar-refractivity contribution in [3.8, 4) is 0 Å². The zero-order valence-corrected chi connectivity index (χ0v) is 10.1. The summed E-state index contributed by atoms with van der Waals surface area (Å²) in [6.45, 7) is 0. The smallest absolute Gasteiger partial charge is 0.400 e. The van der Waals surface area contributed by atoms with Gasteiger partial charge in [0.1, 0.15) is 4.92 Å². The van der Waals surface area contributed by atoms with Gasteiger partial charge < -0.3 is 9.40 Å². The summed E-state index contributed by atoms with van der Waals surface area (Å²) in [4.78, 5) is 17.1. The van der Waals surface area contributed by atoms with E-state index in [0.29, 0.717) is 5.95 Å². The molecule has 0 atom stereocenters. The first-order chi connectivity index (χ1) is 9.72. The molecule has 2 heterocycles. The molecule has 3 aromatic rings. The normalized spacial score (nSPS) is 11.2. The monoisotopic (exact) mass is 271 g/mol. The number of rotatable bonds is 4. The van der Waals surface area contributed by atoms with Crippen LogP contribution in [-0.2, 0) is 0 Å². The van der Waals surface area contributed by atoms with Crippen molar-refractivity contribution in [2.45, 2.75) is 0 Å². The van der Waals surface area contributed by atoms with Gasteiger partial charge in [0.05, 0.1) is 23.3 Å². The molecule has 2 aromatic heterocycles. The largest absolute Gasteiger partial charge is 0.433 e. The predicted octanol–water partition coefficient (Wildman–Crippen LogP) is 2.51. The van der Waals surface area contributed by atoms with Gasteiger partial charge in [0.25, 0.3) is 0 Å². The second-order valence-corrected chi connectivity index (χ2v) is 3.91. The third-order valence-corrected chi connectivity index (χ3v) is 2.54. The SMILES string of the molecule is O=[N+]([O-])c1ccc(/C=N\Nc2nc3ccccc3[nH]2)o1. The maximum absolute atomic E-state index is 10.4. The van der Waals surface area contributed by atoms with Crippen LogP contribution >= 0.6 is 0 Å². The average Bonchev–Trinajstić information content (AvgIpc) is 3.04. The first kappa shape index (κ1) is 11.9. The molecule has 0 saturated heterocycles. The van der Waals surface area contributed by atoms with Crippen LogP contribution in [0.2, 0.25) is 0 Å². The fourth-order valence-electron chi connectivity index (χ4n) is 1.67. The van der Waals surface area contributed by atoms with E-state index >= 15 is 0 Å². The topological polar surface area (TPSA) is 109 Å². The minimum absolute atomic E-state index is 0.278. The summed E-state index contributed by atoms with van der Waals surface area (Å²) in [7, 11) is 0. The lowest BCUT2D eigenvalue weighted by Gasteiger charge is -1.91. The highest BCUT2D eigenvalue weighted by Crippen LogP contribution is 2.15. The Morgan fingerprint density at radius 3 is 2.95 bits per heavy atom. The molecule has 0 spiro atoms. The second kappa shape index (κ2) is 4.84. The summed E-state index contributed by atoms with van der Waals surface area (Å²) in [5.74, 6) is 0.430. The molecule has 100 valence electrons. The Balaban J connectivity index is 1.71. The highest BCUT2D eigenvalue weighted by atomic mass is 16.6. The van der Waals surface area contributed by atoms with Gasteiger partial charge in [0.15, 0.2) is 5.76 Å². The van der Waals surface area contributed by atoms with Crippen molar-refractivity contribution in [1.82, 2.24) is 9.97 Å². The summed E-state index contributed by atoms with van der Waals surface area (Å²) in [5.41, 5.74) is 4.40. The molecule has 0 bridgehead atoms. The first-order valence-electron chi connectivity index (χ1n) is 5.70. The minimum Gasteiger partial charge on any atom is -0.400 e. The molecule has 2 N–H and O–H groups in total. The molecule has 0 aliphatic heterocycles. The lowest BCUT2D eigenvalue weighted by Crippen LogP contribution is -1.91. The fraction of sp³-hybridized carbons (Fsp3) is 0. The van der Waals surface area contributed by atoms with Crippen LogP contribution in [0.4, 0.5) is 11.8 Å². The van der Waals surface area contributed by atoms with Crippen LogP contribution in [0.15, 0.2) is 45.9 Å². The van der Waals surface area contributed by atoms with E-state index in [-0.39, 0.29) is 11.6 Å². The minimum atomic E-state index is -0.607. The molecule has 0 radical (unpaired) electrons. The third-order valence-electron chi connectivity index (χ3n) is 2.54. The Kier molecular flexibility index (Phi) is 2.88. The highest BCUT2D eigenvalue weighted by Gasteiger charge is 2.10. The van der Waals surface area contributed by atoms with E-state index in [1.807, 2.05) is 24.3 Å². The molecule has 8 nitrogen and oxygen atoms in total. The van der Waals surface area contributed by atoms with Crippen molar-refractivity contribution in [1.29, 1.82) is 0 Å². The zero-order valence-electron chi connectivity index (χ0n) is 10.1. The van der Waals surface area contributed by atoms with Crippen molar-refractivity contribution >= 4 is 29.1 Å². The van der Waals surface area contributed by atoms with Crippen LogP contribution < -0.4 is 5.43 Å². The molecule has 1 aromatic carbocycles. The van der Waals surface area contributed by atoms with E-state index in [0.717, 1.165) is 11.0 Å². The maximum atomic E-state index is 10.4. The number of benzene rings is 1. The number of hydrazone groups is 1. The molecular weight excluding hydrogens is 262 g/mol. The van der Waals surface area contributed by atoms with E-state index in [4.69, 9.17) is 4.42 Å². The van der Waals surface area contributed by atoms with Gasteiger partial charge >= 0.3 is 5.88 Å². The molecule has 20 heavy (non-hydrogen) atoms. The number of hydrogen-bond acceptors (Lipinski definition) is 6. The van der Waals surface area contributed by atoms with Crippen molar-refractivity contribution in [2.75, 3.05) is 5.43 Å². The Morgan fingerprint density at radius 2 is 2.20 bits per heavy atom. The number of imidazole rings is 1. The number of anilines is 1. The van der Waals surface area contributed by atoms with Gasteiger partial charge in [-0.2, -0.15) is 5.10 Å². The van der Waals surface area contributed by atoms with E-state index in [2.05, 4.69) is 20.5 Å². The van der Waals surface area contributed by atoms with Gasteiger partial charge in [-0.3, -0.25) is 10.1 Å². The van der Waals surface area contributed by atoms with Gasteiger partial charge in [-0.1, -0.05) is 12.1 Å². The Bertz CT molecular complexity index is 756. The van der Waals surface area contributed by atoms with E-state index in [1.54, 1.807) is 0 Å². The molecule has 0 saturated carbocycles. The number of nitro groups is 1. The number of furan rings is 1. The summed E-state index contributed by atoms with van der Waals surface area (Å²) in [6, 6.07) is 10.3. The van der Waals surface area contributed by atoms with Crippen molar-refractivity contribution < 1.29 is 9.34 Å². The summed E-state index contributed by atoms with van der Waals surface area (Å²) in [6.07, 6.45) is 1.33. The molecule has 3 rings (SSSR count). The predicted molar refractivity (Wildman–Crippen MR) is 72.7 cm³/mol. The number of hydrogen-bond donors (Lipinski definition) is 2. The Morgan fingerprint density at radius 1 is 1.35 bits per heavy atom. The van der Waals surface area contributed by atoms with Gasteiger partial charge in [-0.25, -0.2) is 10.4 Å². The molecule has 0 amide bonds. The van der Waals surface area contributed by atoms with Crippen LogP contribution in [0.25, 0.3) is 11.0 Å². The number of aromatic amines is 1. The molecular formula is C12H9N5O3. The quantitative estimate of drug-likeness (QED) is 0.430. The number of H-pyrrole nitrogens is 1.